The van der Waals surface area contributed by atoms with Gasteiger partial charge in [-0.3, -0.25) is 0 Å². The first-order valence-electron chi connectivity index (χ1n) is 4.97. The normalized spacial score (nSPS) is 17.1. The zero-order valence-corrected chi connectivity index (χ0v) is 14.6. The van der Waals surface area contributed by atoms with Crippen LogP contribution in [0.25, 0.3) is 0 Å². The first-order chi connectivity index (χ1) is 7.12. The fraction of sp³-hybridized carbons (Fsp3) is 0.417. The van der Waals surface area contributed by atoms with Crippen LogP contribution in [0, 0.1) is 6.92 Å². The van der Waals surface area contributed by atoms with Crippen molar-refractivity contribution in [3.05, 3.63) is 35.4 Å². The SMILES string of the molecule is Cc1cccc(C2(CC(=O)[O-])COC2)c1.[Rb+]. The van der Waals surface area contributed by atoms with Crippen LogP contribution in [-0.2, 0) is 14.9 Å². The summed E-state index contributed by atoms with van der Waals surface area (Å²) in [6.07, 6.45) is 0.0381. The fourth-order valence-electron chi connectivity index (χ4n) is 1.97. The molecule has 3 nitrogen and oxygen atoms in total. The molecular formula is C12H13O3Rb. The standard InChI is InChI=1S/C12H14O3.Rb/c1-9-3-2-4-10(5-9)12(6-11(13)14)7-15-8-12;/h2-5H,6-8H2,1H3,(H,13,14);/q;+1/p-1. The van der Waals surface area contributed by atoms with Crippen LogP contribution in [0.15, 0.2) is 24.3 Å². The van der Waals surface area contributed by atoms with Crippen LogP contribution in [-0.4, -0.2) is 19.2 Å². The third-order valence-corrected chi connectivity index (χ3v) is 2.87. The van der Waals surface area contributed by atoms with E-state index in [1.807, 2.05) is 31.2 Å². The third kappa shape index (κ3) is 3.02. The molecule has 0 bridgehead atoms. The van der Waals surface area contributed by atoms with Gasteiger partial charge in [0.15, 0.2) is 0 Å². The molecule has 0 aromatic heterocycles. The van der Waals surface area contributed by atoms with Gasteiger partial charge in [0.25, 0.3) is 0 Å². The molecule has 16 heavy (non-hydrogen) atoms. The van der Waals surface area contributed by atoms with Crippen molar-refractivity contribution in [1.29, 1.82) is 0 Å². The second-order valence-corrected chi connectivity index (χ2v) is 4.19. The van der Waals surface area contributed by atoms with E-state index in [2.05, 4.69) is 0 Å². The molecular weight excluding hydrogens is 278 g/mol. The molecule has 1 fully saturated rings. The minimum absolute atomic E-state index is 0. The Hall–Kier alpha value is 0.455. The van der Waals surface area contributed by atoms with Gasteiger partial charge in [0.2, 0.25) is 0 Å². The number of hydrogen-bond donors (Lipinski definition) is 0. The van der Waals surface area contributed by atoms with E-state index in [0.29, 0.717) is 13.2 Å². The van der Waals surface area contributed by atoms with Gasteiger partial charge in [-0.15, -0.1) is 0 Å². The van der Waals surface area contributed by atoms with Gasteiger partial charge in [0, 0.05) is 17.8 Å². The number of aryl methyl sites for hydroxylation is 1. The summed E-state index contributed by atoms with van der Waals surface area (Å²) in [5.74, 6) is -1.01. The molecule has 0 radical (unpaired) electrons. The number of carbonyl (C=O) groups excluding carboxylic acids is 1. The van der Waals surface area contributed by atoms with Crippen molar-refractivity contribution in [3.8, 4) is 0 Å². The second kappa shape index (κ2) is 5.87. The second-order valence-electron chi connectivity index (χ2n) is 4.19. The molecule has 1 heterocycles. The van der Waals surface area contributed by atoms with E-state index in [-0.39, 0.29) is 70.0 Å². The smallest absolute Gasteiger partial charge is 0.550 e. The molecule has 4 heteroatoms. The Bertz CT molecular complexity index is 386. The van der Waals surface area contributed by atoms with Crippen LogP contribution in [0.5, 0.6) is 0 Å². The van der Waals surface area contributed by atoms with E-state index in [1.165, 1.54) is 0 Å². The van der Waals surface area contributed by atoms with Gasteiger partial charge in [-0.2, -0.15) is 0 Å². The first-order valence-corrected chi connectivity index (χ1v) is 4.97. The topological polar surface area (TPSA) is 49.4 Å². The molecule has 0 spiro atoms. The van der Waals surface area contributed by atoms with Gasteiger partial charge in [-0.25, -0.2) is 0 Å². The van der Waals surface area contributed by atoms with Crippen molar-refractivity contribution in [2.24, 2.45) is 0 Å². The van der Waals surface area contributed by atoms with Gasteiger partial charge in [-0.05, 0) is 12.5 Å². The van der Waals surface area contributed by atoms with Gasteiger partial charge in [0.1, 0.15) is 0 Å². The molecule has 0 saturated carbocycles. The molecule has 1 aliphatic heterocycles. The first kappa shape index (κ1) is 14.5. The minimum atomic E-state index is -1.01. The van der Waals surface area contributed by atoms with Gasteiger partial charge < -0.3 is 14.6 Å². The molecule has 2 rings (SSSR count). The van der Waals surface area contributed by atoms with Crippen molar-refractivity contribution < 1.29 is 72.8 Å². The Morgan fingerprint density at radius 3 is 2.62 bits per heavy atom. The summed E-state index contributed by atoms with van der Waals surface area (Å²) in [5.41, 5.74) is 1.82. The van der Waals surface area contributed by atoms with Crippen LogP contribution in [0.1, 0.15) is 17.5 Å². The Morgan fingerprint density at radius 1 is 1.50 bits per heavy atom. The van der Waals surface area contributed by atoms with Crippen LogP contribution < -0.4 is 63.3 Å². The van der Waals surface area contributed by atoms with E-state index >= 15 is 0 Å². The molecule has 80 valence electrons. The van der Waals surface area contributed by atoms with E-state index in [4.69, 9.17) is 4.74 Å². The molecule has 0 N–H and O–H groups in total. The summed E-state index contributed by atoms with van der Waals surface area (Å²) in [4.78, 5) is 10.7. The molecule has 1 aromatic rings. The van der Waals surface area contributed by atoms with E-state index < -0.39 is 5.97 Å². The number of aliphatic carboxylic acids is 1. The Morgan fingerprint density at radius 2 is 2.19 bits per heavy atom. The summed E-state index contributed by atoms with van der Waals surface area (Å²) < 4.78 is 5.14. The number of carbonyl (C=O) groups is 1. The van der Waals surface area contributed by atoms with E-state index in [1.54, 1.807) is 0 Å². The third-order valence-electron chi connectivity index (χ3n) is 2.87. The van der Waals surface area contributed by atoms with Crippen LogP contribution >= 0.6 is 0 Å². The maximum Gasteiger partial charge on any atom is 1.00 e. The molecule has 0 unspecified atom stereocenters. The van der Waals surface area contributed by atoms with E-state index in [9.17, 15) is 9.90 Å². The van der Waals surface area contributed by atoms with E-state index in [0.717, 1.165) is 11.1 Å². The van der Waals surface area contributed by atoms with Crippen molar-refractivity contribution in [2.75, 3.05) is 13.2 Å². The van der Waals surface area contributed by atoms with Gasteiger partial charge >= 0.3 is 58.2 Å². The predicted molar refractivity (Wildman–Crippen MR) is 53.3 cm³/mol. The average Bonchev–Trinajstić information content (AvgIpc) is 2.11. The summed E-state index contributed by atoms with van der Waals surface area (Å²) in [7, 11) is 0. The summed E-state index contributed by atoms with van der Waals surface area (Å²) in [6.45, 7) is 2.95. The van der Waals surface area contributed by atoms with Gasteiger partial charge in [-0.1, -0.05) is 29.8 Å². The number of ether oxygens (including phenoxy) is 1. The Balaban J connectivity index is 0.00000128. The molecule has 1 aromatic carbocycles. The predicted octanol–water partition coefficient (Wildman–Crippen LogP) is -2.59. The number of carboxylic acid groups (broad SMARTS) is 1. The summed E-state index contributed by atoms with van der Waals surface area (Å²) >= 11 is 0. The minimum Gasteiger partial charge on any atom is -0.550 e. The molecule has 0 atom stereocenters. The molecule has 1 saturated heterocycles. The molecule has 0 amide bonds. The summed E-state index contributed by atoms with van der Waals surface area (Å²) in [6, 6.07) is 7.92. The molecule has 1 aliphatic rings. The van der Waals surface area contributed by atoms with Crippen molar-refractivity contribution >= 4 is 5.97 Å². The monoisotopic (exact) mass is 290 g/mol. The largest absolute Gasteiger partial charge is 1.00 e. The van der Waals surface area contributed by atoms with Crippen molar-refractivity contribution in [2.45, 2.75) is 18.8 Å². The fourth-order valence-corrected chi connectivity index (χ4v) is 1.97. The maximum atomic E-state index is 10.7. The number of carboxylic acids is 1. The zero-order valence-electron chi connectivity index (χ0n) is 9.66. The summed E-state index contributed by atoms with van der Waals surface area (Å²) in [5, 5.41) is 10.7. The maximum absolute atomic E-state index is 10.7. The van der Waals surface area contributed by atoms with Crippen LogP contribution in [0.4, 0.5) is 0 Å². The quantitative estimate of drug-likeness (QED) is 0.614. The van der Waals surface area contributed by atoms with Crippen LogP contribution in [0.3, 0.4) is 0 Å². The average molecular weight is 291 g/mol. The molecule has 0 aliphatic carbocycles. The van der Waals surface area contributed by atoms with Crippen LogP contribution in [0.2, 0.25) is 0 Å². The Kier molecular flexibility index (Phi) is 5.33. The van der Waals surface area contributed by atoms with Crippen molar-refractivity contribution in [3.63, 3.8) is 0 Å². The van der Waals surface area contributed by atoms with Gasteiger partial charge in [0.05, 0.1) is 13.2 Å². The zero-order chi connectivity index (χ0) is 10.9. The number of benzene rings is 1. The number of hydrogen-bond acceptors (Lipinski definition) is 3. The van der Waals surface area contributed by atoms with Crippen molar-refractivity contribution in [1.82, 2.24) is 0 Å². The Labute approximate surface area is 144 Å². The number of rotatable bonds is 3.